The SMILES string of the molecule is COC(=O)[C@H](NC(=O)c1ccc(CP(=O)(OC)OC)cc1)[C@H](C)CC#N. The molecule has 0 spiro atoms. The molecular formula is C17H23N2O6P. The van der Waals surface area contributed by atoms with E-state index in [1.807, 2.05) is 6.07 Å². The fourth-order valence-corrected chi connectivity index (χ4v) is 3.30. The van der Waals surface area contributed by atoms with E-state index >= 15 is 0 Å². The zero-order chi connectivity index (χ0) is 19.7. The second-order valence-corrected chi connectivity index (χ2v) is 7.91. The van der Waals surface area contributed by atoms with Gasteiger partial charge in [-0.15, -0.1) is 0 Å². The first-order valence-electron chi connectivity index (χ1n) is 7.85. The summed E-state index contributed by atoms with van der Waals surface area (Å²) in [5.41, 5.74) is 0.993. The fraction of sp³-hybridized carbons (Fsp3) is 0.471. The Bertz CT molecular complexity index is 705. The third kappa shape index (κ3) is 5.95. The van der Waals surface area contributed by atoms with Gasteiger partial charge >= 0.3 is 13.6 Å². The lowest BCUT2D eigenvalue weighted by Gasteiger charge is -2.21. The van der Waals surface area contributed by atoms with Crippen molar-refractivity contribution < 1.29 is 27.9 Å². The standard InChI is InChI=1S/C17H23N2O6P/c1-12(9-10-18)15(17(21)23-2)19-16(20)14-7-5-13(6-8-14)11-26(22,24-3)25-4/h5-8,12,15H,9,11H2,1-4H3,(H,19,20)/t12-,15-/m1/s1. The zero-order valence-corrected chi connectivity index (χ0v) is 16.1. The molecule has 1 aromatic rings. The fourth-order valence-electron chi connectivity index (χ4n) is 2.24. The summed E-state index contributed by atoms with van der Waals surface area (Å²) in [4.78, 5) is 24.3. The molecule has 1 aromatic carbocycles. The van der Waals surface area contributed by atoms with Crippen molar-refractivity contribution in [3.05, 3.63) is 35.4 Å². The predicted octanol–water partition coefficient (Wildman–Crippen LogP) is 2.49. The van der Waals surface area contributed by atoms with Crippen molar-refractivity contribution in [3.63, 3.8) is 0 Å². The summed E-state index contributed by atoms with van der Waals surface area (Å²) in [6, 6.07) is 7.40. The van der Waals surface area contributed by atoms with Crippen LogP contribution in [0.15, 0.2) is 24.3 Å². The number of ether oxygens (including phenoxy) is 1. The second-order valence-electron chi connectivity index (χ2n) is 5.64. The number of hydrogen-bond acceptors (Lipinski definition) is 7. The Labute approximate surface area is 153 Å². The monoisotopic (exact) mass is 382 g/mol. The molecule has 0 aliphatic rings. The molecule has 0 unspecified atom stereocenters. The number of carbonyl (C=O) groups excluding carboxylic acids is 2. The van der Waals surface area contributed by atoms with Crippen molar-refractivity contribution in [2.45, 2.75) is 25.5 Å². The molecule has 1 N–H and O–H groups in total. The highest BCUT2D eigenvalue weighted by atomic mass is 31.2. The molecule has 0 fully saturated rings. The highest BCUT2D eigenvalue weighted by molar-refractivity contribution is 7.52. The Balaban J connectivity index is 2.88. The molecule has 1 amide bonds. The molecule has 0 aliphatic carbocycles. The minimum Gasteiger partial charge on any atom is -0.467 e. The highest BCUT2D eigenvalue weighted by Crippen LogP contribution is 2.49. The van der Waals surface area contributed by atoms with Gasteiger partial charge in [0.05, 0.1) is 19.3 Å². The van der Waals surface area contributed by atoms with Crippen molar-refractivity contribution in [2.24, 2.45) is 5.92 Å². The van der Waals surface area contributed by atoms with E-state index in [9.17, 15) is 14.2 Å². The number of amides is 1. The third-order valence-corrected chi connectivity index (χ3v) is 5.74. The largest absolute Gasteiger partial charge is 0.467 e. The van der Waals surface area contributed by atoms with Crippen LogP contribution in [0.3, 0.4) is 0 Å². The van der Waals surface area contributed by atoms with Gasteiger partial charge in [0.2, 0.25) is 0 Å². The first-order chi connectivity index (χ1) is 12.3. The van der Waals surface area contributed by atoms with Gasteiger partial charge < -0.3 is 19.1 Å². The molecule has 1 rings (SSSR count). The Morgan fingerprint density at radius 1 is 1.19 bits per heavy atom. The Kier molecular flexibility index (Phi) is 8.46. The molecular weight excluding hydrogens is 359 g/mol. The van der Waals surface area contributed by atoms with Gasteiger partial charge in [-0.05, 0) is 17.7 Å². The van der Waals surface area contributed by atoms with E-state index in [4.69, 9.17) is 19.0 Å². The molecule has 0 bridgehead atoms. The zero-order valence-electron chi connectivity index (χ0n) is 15.2. The number of benzene rings is 1. The maximum absolute atomic E-state index is 12.4. The maximum atomic E-state index is 12.4. The number of methoxy groups -OCH3 is 1. The van der Waals surface area contributed by atoms with Gasteiger partial charge in [-0.2, -0.15) is 5.26 Å². The van der Waals surface area contributed by atoms with Crippen LogP contribution >= 0.6 is 7.60 Å². The first kappa shape index (κ1) is 21.8. The van der Waals surface area contributed by atoms with Gasteiger partial charge in [0.15, 0.2) is 0 Å². The number of hydrogen-bond donors (Lipinski definition) is 1. The molecule has 2 atom stereocenters. The van der Waals surface area contributed by atoms with Gasteiger partial charge in [0.25, 0.3) is 5.91 Å². The molecule has 0 saturated carbocycles. The summed E-state index contributed by atoms with van der Waals surface area (Å²) in [7, 11) is 0.641. The molecule has 26 heavy (non-hydrogen) atoms. The number of rotatable bonds is 9. The van der Waals surface area contributed by atoms with Crippen molar-refractivity contribution in [1.29, 1.82) is 5.26 Å². The van der Waals surface area contributed by atoms with E-state index in [1.165, 1.54) is 21.3 Å². The summed E-state index contributed by atoms with van der Waals surface area (Å²) < 4.78 is 26.6. The van der Waals surface area contributed by atoms with Gasteiger partial charge in [-0.1, -0.05) is 19.1 Å². The quantitative estimate of drug-likeness (QED) is 0.515. The van der Waals surface area contributed by atoms with Crippen molar-refractivity contribution in [1.82, 2.24) is 5.32 Å². The lowest BCUT2D eigenvalue weighted by atomic mass is 9.98. The van der Waals surface area contributed by atoms with Crippen LogP contribution in [0.5, 0.6) is 0 Å². The van der Waals surface area contributed by atoms with Crippen molar-refractivity contribution in [3.8, 4) is 6.07 Å². The Morgan fingerprint density at radius 2 is 1.77 bits per heavy atom. The minimum atomic E-state index is -3.19. The summed E-state index contributed by atoms with van der Waals surface area (Å²) in [6.45, 7) is 1.68. The lowest BCUT2D eigenvalue weighted by molar-refractivity contribution is -0.144. The van der Waals surface area contributed by atoms with Gasteiger partial charge in [-0.3, -0.25) is 9.36 Å². The molecule has 8 nitrogen and oxygen atoms in total. The molecule has 0 aromatic heterocycles. The van der Waals surface area contributed by atoms with Crippen molar-refractivity contribution in [2.75, 3.05) is 21.3 Å². The van der Waals surface area contributed by atoms with E-state index < -0.39 is 31.4 Å². The molecule has 0 saturated heterocycles. The van der Waals surface area contributed by atoms with E-state index in [-0.39, 0.29) is 12.6 Å². The van der Waals surface area contributed by atoms with Gasteiger partial charge in [0, 0.05) is 32.1 Å². The summed E-state index contributed by atoms with van der Waals surface area (Å²) in [5.74, 6) is -1.48. The number of nitrogens with zero attached hydrogens (tertiary/aromatic N) is 1. The normalized spacial score (nSPS) is 13.3. The van der Waals surface area contributed by atoms with Crippen LogP contribution in [0, 0.1) is 17.2 Å². The number of nitrogens with one attached hydrogen (secondary N) is 1. The average Bonchev–Trinajstić information content (AvgIpc) is 2.65. The van der Waals surface area contributed by atoms with Crippen LogP contribution in [0.4, 0.5) is 0 Å². The topological polar surface area (TPSA) is 115 Å². The van der Waals surface area contributed by atoms with Crippen LogP contribution < -0.4 is 5.32 Å². The van der Waals surface area contributed by atoms with Crippen LogP contribution in [-0.2, 0) is 29.3 Å². The van der Waals surface area contributed by atoms with Crippen LogP contribution in [-0.4, -0.2) is 39.2 Å². The van der Waals surface area contributed by atoms with Gasteiger partial charge in [-0.25, -0.2) is 4.79 Å². The Hall–Kier alpha value is -2.20. The second kappa shape index (κ2) is 10.1. The Morgan fingerprint density at radius 3 is 2.23 bits per heavy atom. The molecule has 142 valence electrons. The van der Waals surface area contributed by atoms with Crippen molar-refractivity contribution >= 4 is 19.5 Å². The minimum absolute atomic E-state index is 0.0753. The maximum Gasteiger partial charge on any atom is 0.334 e. The molecule has 0 heterocycles. The third-order valence-electron chi connectivity index (χ3n) is 3.87. The van der Waals surface area contributed by atoms with E-state index in [0.29, 0.717) is 11.1 Å². The molecule has 0 radical (unpaired) electrons. The number of carbonyl (C=O) groups is 2. The van der Waals surface area contributed by atoms with E-state index in [0.717, 1.165) is 0 Å². The summed E-state index contributed by atoms with van der Waals surface area (Å²) >= 11 is 0. The van der Waals surface area contributed by atoms with Gasteiger partial charge in [0.1, 0.15) is 6.04 Å². The lowest BCUT2D eigenvalue weighted by Crippen LogP contribution is -2.45. The summed E-state index contributed by atoms with van der Waals surface area (Å²) in [6.07, 6.45) is 0.175. The molecule has 0 aliphatic heterocycles. The highest BCUT2D eigenvalue weighted by Gasteiger charge is 2.28. The average molecular weight is 382 g/mol. The van der Waals surface area contributed by atoms with Crippen LogP contribution in [0.25, 0.3) is 0 Å². The summed E-state index contributed by atoms with van der Waals surface area (Å²) in [5, 5.41) is 11.4. The van der Waals surface area contributed by atoms with Crippen LogP contribution in [0.1, 0.15) is 29.3 Å². The van der Waals surface area contributed by atoms with Crippen LogP contribution in [0.2, 0.25) is 0 Å². The first-order valence-corrected chi connectivity index (χ1v) is 9.58. The van der Waals surface area contributed by atoms with E-state index in [2.05, 4.69) is 5.32 Å². The molecule has 9 heteroatoms. The number of esters is 1. The van der Waals surface area contributed by atoms with E-state index in [1.54, 1.807) is 31.2 Å². The smallest absolute Gasteiger partial charge is 0.334 e. The number of nitriles is 1. The predicted molar refractivity (Wildman–Crippen MR) is 94.4 cm³/mol.